The number of hydrogen-bond donors (Lipinski definition) is 1. The van der Waals surface area contributed by atoms with E-state index in [0.29, 0.717) is 6.54 Å². The smallest absolute Gasteiger partial charge is 0.225 e. The standard InChI is InChI=1S/C15H26N6/c1-3-20-5-4-13-12(11-20)14(10-16)18-15(17-13)21-8-6-19(2)7-9-21/h3-11,16H2,1-2H3. The molecule has 0 radical (unpaired) electrons. The van der Waals surface area contributed by atoms with Gasteiger partial charge >= 0.3 is 0 Å². The monoisotopic (exact) mass is 290 g/mol. The van der Waals surface area contributed by atoms with Crippen molar-refractivity contribution in [2.24, 2.45) is 5.73 Å². The third kappa shape index (κ3) is 3.02. The summed E-state index contributed by atoms with van der Waals surface area (Å²) in [5, 5.41) is 0. The number of nitrogens with two attached hydrogens (primary N) is 1. The predicted molar refractivity (Wildman–Crippen MR) is 84.3 cm³/mol. The van der Waals surface area contributed by atoms with Gasteiger partial charge in [-0.1, -0.05) is 6.92 Å². The molecule has 0 aromatic carbocycles. The summed E-state index contributed by atoms with van der Waals surface area (Å²) >= 11 is 0. The molecule has 0 aliphatic carbocycles. The van der Waals surface area contributed by atoms with Crippen LogP contribution in [0.1, 0.15) is 23.9 Å². The molecule has 2 aliphatic rings. The lowest BCUT2D eigenvalue weighted by Crippen LogP contribution is -2.45. The van der Waals surface area contributed by atoms with Crippen molar-refractivity contribution < 1.29 is 0 Å². The third-order valence-corrected chi connectivity index (χ3v) is 4.64. The number of aromatic nitrogens is 2. The summed E-state index contributed by atoms with van der Waals surface area (Å²) in [5.41, 5.74) is 9.46. The summed E-state index contributed by atoms with van der Waals surface area (Å²) in [5.74, 6) is 0.882. The Morgan fingerprint density at radius 3 is 2.52 bits per heavy atom. The fraction of sp³-hybridized carbons (Fsp3) is 0.733. The predicted octanol–water partition coefficient (Wildman–Crippen LogP) is 0.0651. The van der Waals surface area contributed by atoms with Gasteiger partial charge in [-0.3, -0.25) is 4.90 Å². The molecule has 21 heavy (non-hydrogen) atoms. The van der Waals surface area contributed by atoms with Gasteiger partial charge in [0.05, 0.1) is 11.4 Å². The number of fused-ring (bicyclic) bond motifs is 1. The molecule has 0 spiro atoms. The highest BCUT2D eigenvalue weighted by atomic mass is 15.3. The zero-order valence-corrected chi connectivity index (χ0v) is 13.2. The van der Waals surface area contributed by atoms with E-state index in [9.17, 15) is 0 Å². The van der Waals surface area contributed by atoms with Gasteiger partial charge in [0.25, 0.3) is 0 Å². The lowest BCUT2D eigenvalue weighted by molar-refractivity contribution is 0.263. The van der Waals surface area contributed by atoms with E-state index in [-0.39, 0.29) is 0 Å². The van der Waals surface area contributed by atoms with E-state index in [2.05, 4.69) is 28.7 Å². The second kappa shape index (κ2) is 6.25. The van der Waals surface area contributed by atoms with Crippen LogP contribution in [-0.4, -0.2) is 66.1 Å². The summed E-state index contributed by atoms with van der Waals surface area (Å²) in [6.07, 6.45) is 1.01. The molecule has 3 heterocycles. The van der Waals surface area contributed by atoms with Crippen LogP contribution in [0.2, 0.25) is 0 Å². The van der Waals surface area contributed by atoms with Gasteiger partial charge < -0.3 is 15.5 Å². The summed E-state index contributed by atoms with van der Waals surface area (Å²) in [6, 6.07) is 0. The quantitative estimate of drug-likeness (QED) is 0.850. The average molecular weight is 290 g/mol. The maximum Gasteiger partial charge on any atom is 0.225 e. The van der Waals surface area contributed by atoms with Crippen LogP contribution in [0.5, 0.6) is 0 Å². The number of likely N-dealkylation sites (N-methyl/N-ethyl adjacent to an activating group) is 2. The highest BCUT2D eigenvalue weighted by Gasteiger charge is 2.23. The number of rotatable bonds is 3. The second-order valence-corrected chi connectivity index (χ2v) is 6.01. The first-order valence-electron chi connectivity index (χ1n) is 7.95. The number of anilines is 1. The van der Waals surface area contributed by atoms with Gasteiger partial charge in [-0.05, 0) is 13.6 Å². The van der Waals surface area contributed by atoms with Crippen molar-refractivity contribution in [3.63, 3.8) is 0 Å². The van der Waals surface area contributed by atoms with E-state index in [1.807, 2.05) is 0 Å². The first-order chi connectivity index (χ1) is 10.2. The molecule has 3 rings (SSSR count). The minimum Gasteiger partial charge on any atom is -0.338 e. The van der Waals surface area contributed by atoms with Crippen LogP contribution < -0.4 is 10.6 Å². The van der Waals surface area contributed by atoms with Crippen molar-refractivity contribution in [3.8, 4) is 0 Å². The maximum atomic E-state index is 5.95. The molecule has 2 N–H and O–H groups in total. The zero-order valence-electron chi connectivity index (χ0n) is 13.2. The molecule has 1 fully saturated rings. The Labute approximate surface area is 126 Å². The van der Waals surface area contributed by atoms with Crippen LogP contribution in [0.3, 0.4) is 0 Å². The minimum atomic E-state index is 0.503. The molecule has 2 aliphatic heterocycles. The van der Waals surface area contributed by atoms with Crippen LogP contribution in [0.4, 0.5) is 5.95 Å². The summed E-state index contributed by atoms with van der Waals surface area (Å²) in [6.45, 7) is 9.96. The molecule has 0 atom stereocenters. The van der Waals surface area contributed by atoms with Gasteiger partial charge in [-0.2, -0.15) is 0 Å². The fourth-order valence-electron chi connectivity index (χ4n) is 3.11. The maximum absolute atomic E-state index is 5.95. The third-order valence-electron chi connectivity index (χ3n) is 4.64. The molecule has 1 aromatic rings. The van der Waals surface area contributed by atoms with Crippen molar-refractivity contribution >= 4 is 5.95 Å². The van der Waals surface area contributed by atoms with Gasteiger partial charge in [0.15, 0.2) is 0 Å². The largest absolute Gasteiger partial charge is 0.338 e. The molecule has 0 bridgehead atoms. The van der Waals surface area contributed by atoms with Crippen molar-refractivity contribution in [3.05, 3.63) is 17.0 Å². The SMILES string of the molecule is CCN1CCc2nc(N3CCN(C)CC3)nc(CN)c2C1. The Bertz CT molecular complexity index is 478. The Morgan fingerprint density at radius 1 is 1.10 bits per heavy atom. The van der Waals surface area contributed by atoms with Gasteiger partial charge in [0.1, 0.15) is 0 Å². The topological polar surface area (TPSA) is 61.5 Å². The lowest BCUT2D eigenvalue weighted by Gasteiger charge is -2.34. The molecular weight excluding hydrogens is 264 g/mol. The Balaban J connectivity index is 1.87. The van der Waals surface area contributed by atoms with E-state index in [1.165, 1.54) is 11.3 Å². The van der Waals surface area contributed by atoms with Crippen LogP contribution in [0, 0.1) is 0 Å². The highest BCUT2D eigenvalue weighted by Crippen LogP contribution is 2.23. The number of hydrogen-bond acceptors (Lipinski definition) is 6. The van der Waals surface area contributed by atoms with E-state index in [0.717, 1.165) is 63.9 Å². The first kappa shape index (κ1) is 14.7. The van der Waals surface area contributed by atoms with Crippen LogP contribution in [0.15, 0.2) is 0 Å². The van der Waals surface area contributed by atoms with Crippen LogP contribution in [-0.2, 0) is 19.5 Å². The van der Waals surface area contributed by atoms with E-state index in [4.69, 9.17) is 15.7 Å². The molecule has 6 heteroatoms. The zero-order chi connectivity index (χ0) is 14.8. The van der Waals surface area contributed by atoms with Gasteiger partial charge in [0, 0.05) is 57.8 Å². The minimum absolute atomic E-state index is 0.503. The Hall–Kier alpha value is -1.24. The Morgan fingerprint density at radius 2 is 1.86 bits per heavy atom. The lowest BCUT2D eigenvalue weighted by atomic mass is 10.0. The summed E-state index contributed by atoms with van der Waals surface area (Å²) in [4.78, 5) is 16.7. The molecule has 0 saturated carbocycles. The molecule has 1 aromatic heterocycles. The normalized spacial score (nSPS) is 20.6. The van der Waals surface area contributed by atoms with Crippen molar-refractivity contribution in [2.75, 3.05) is 51.2 Å². The van der Waals surface area contributed by atoms with Crippen molar-refractivity contribution in [1.82, 2.24) is 19.8 Å². The second-order valence-electron chi connectivity index (χ2n) is 6.01. The van der Waals surface area contributed by atoms with Crippen LogP contribution in [0.25, 0.3) is 0 Å². The average Bonchev–Trinajstić information content (AvgIpc) is 2.54. The molecular formula is C15H26N6. The Kier molecular flexibility index (Phi) is 4.37. The number of piperazine rings is 1. The van der Waals surface area contributed by atoms with Crippen molar-refractivity contribution in [2.45, 2.75) is 26.4 Å². The van der Waals surface area contributed by atoms with Gasteiger partial charge in [-0.15, -0.1) is 0 Å². The molecule has 0 unspecified atom stereocenters. The first-order valence-corrected chi connectivity index (χ1v) is 7.95. The summed E-state index contributed by atoms with van der Waals surface area (Å²) < 4.78 is 0. The van der Waals surface area contributed by atoms with Crippen LogP contribution >= 0.6 is 0 Å². The highest BCUT2D eigenvalue weighted by molar-refractivity contribution is 5.39. The molecule has 6 nitrogen and oxygen atoms in total. The van der Waals surface area contributed by atoms with Crippen molar-refractivity contribution in [1.29, 1.82) is 0 Å². The van der Waals surface area contributed by atoms with Gasteiger partial charge in [0.2, 0.25) is 5.95 Å². The summed E-state index contributed by atoms with van der Waals surface area (Å²) in [7, 11) is 2.16. The fourth-order valence-corrected chi connectivity index (χ4v) is 3.11. The van der Waals surface area contributed by atoms with E-state index >= 15 is 0 Å². The van der Waals surface area contributed by atoms with E-state index < -0.39 is 0 Å². The van der Waals surface area contributed by atoms with Gasteiger partial charge in [-0.25, -0.2) is 9.97 Å². The van der Waals surface area contributed by atoms with E-state index in [1.54, 1.807) is 0 Å². The number of nitrogens with zero attached hydrogens (tertiary/aromatic N) is 5. The molecule has 1 saturated heterocycles. The molecule has 116 valence electrons. The molecule has 0 amide bonds.